The van der Waals surface area contributed by atoms with E-state index in [1.807, 2.05) is 13.8 Å². The van der Waals surface area contributed by atoms with Gasteiger partial charge < -0.3 is 5.32 Å². The Balaban J connectivity index is 2.85. The van der Waals surface area contributed by atoms with E-state index < -0.39 is 0 Å². The van der Waals surface area contributed by atoms with E-state index in [-0.39, 0.29) is 18.1 Å². The maximum atomic E-state index is 11.4. The Morgan fingerprint density at radius 1 is 1.25 bits per heavy atom. The lowest BCUT2D eigenvalue weighted by molar-refractivity contribution is -0.124. The largest absolute Gasteiger partial charge is 0.325 e. The SMILES string of the molecule is CC(=O)CC(=O)Nc1cc(C)c(Cl)cc1C. The molecule has 0 fully saturated rings. The number of halogens is 1. The molecule has 1 amide bonds. The van der Waals surface area contributed by atoms with Gasteiger partial charge in [-0.2, -0.15) is 0 Å². The van der Waals surface area contributed by atoms with Gasteiger partial charge >= 0.3 is 0 Å². The van der Waals surface area contributed by atoms with Crippen molar-refractivity contribution >= 4 is 29.0 Å². The number of benzene rings is 1. The zero-order valence-electron chi connectivity index (χ0n) is 9.56. The fourth-order valence-electron chi connectivity index (χ4n) is 1.34. The van der Waals surface area contributed by atoms with Crippen molar-refractivity contribution in [2.45, 2.75) is 27.2 Å². The van der Waals surface area contributed by atoms with Crippen LogP contribution in [-0.4, -0.2) is 11.7 Å². The molecule has 0 bridgehead atoms. The molecule has 0 saturated carbocycles. The molecule has 0 aliphatic heterocycles. The molecule has 0 atom stereocenters. The van der Waals surface area contributed by atoms with Crippen LogP contribution in [0.5, 0.6) is 0 Å². The van der Waals surface area contributed by atoms with Gasteiger partial charge in [-0.1, -0.05) is 11.6 Å². The highest BCUT2D eigenvalue weighted by molar-refractivity contribution is 6.31. The maximum absolute atomic E-state index is 11.4. The first kappa shape index (κ1) is 12.7. The van der Waals surface area contributed by atoms with E-state index in [0.29, 0.717) is 10.7 Å². The van der Waals surface area contributed by atoms with Crippen molar-refractivity contribution in [3.63, 3.8) is 0 Å². The Bertz CT molecular complexity index is 441. The van der Waals surface area contributed by atoms with Gasteiger partial charge in [-0.15, -0.1) is 0 Å². The summed E-state index contributed by atoms with van der Waals surface area (Å²) in [4.78, 5) is 22.2. The number of hydrogen-bond donors (Lipinski definition) is 1. The molecule has 0 aliphatic rings. The Hall–Kier alpha value is -1.35. The van der Waals surface area contributed by atoms with Gasteiger partial charge in [-0.3, -0.25) is 9.59 Å². The quantitative estimate of drug-likeness (QED) is 0.825. The Labute approximate surface area is 99.8 Å². The van der Waals surface area contributed by atoms with E-state index in [2.05, 4.69) is 5.32 Å². The van der Waals surface area contributed by atoms with Gasteiger partial charge in [0.15, 0.2) is 0 Å². The molecule has 0 radical (unpaired) electrons. The van der Waals surface area contributed by atoms with Crippen LogP contribution < -0.4 is 5.32 Å². The predicted molar refractivity (Wildman–Crippen MR) is 64.9 cm³/mol. The fraction of sp³-hybridized carbons (Fsp3) is 0.333. The van der Waals surface area contributed by atoms with E-state index in [9.17, 15) is 9.59 Å². The van der Waals surface area contributed by atoms with Crippen LogP contribution in [0.3, 0.4) is 0 Å². The van der Waals surface area contributed by atoms with Gasteiger partial charge in [0.05, 0.1) is 6.42 Å². The zero-order chi connectivity index (χ0) is 12.3. The molecule has 0 aliphatic carbocycles. The minimum atomic E-state index is -0.294. The molecule has 0 unspecified atom stereocenters. The van der Waals surface area contributed by atoms with Crippen molar-refractivity contribution in [1.82, 2.24) is 0 Å². The summed E-state index contributed by atoms with van der Waals surface area (Å²) < 4.78 is 0. The van der Waals surface area contributed by atoms with Crippen LogP contribution in [0.2, 0.25) is 5.02 Å². The summed E-state index contributed by atoms with van der Waals surface area (Å²) in [5, 5.41) is 3.36. The minimum Gasteiger partial charge on any atom is -0.325 e. The Morgan fingerprint density at radius 3 is 2.44 bits per heavy atom. The third kappa shape index (κ3) is 3.35. The predicted octanol–water partition coefficient (Wildman–Crippen LogP) is 2.87. The summed E-state index contributed by atoms with van der Waals surface area (Å²) in [5.74, 6) is -0.446. The topological polar surface area (TPSA) is 46.2 Å². The number of nitrogens with one attached hydrogen (secondary N) is 1. The maximum Gasteiger partial charge on any atom is 0.231 e. The van der Waals surface area contributed by atoms with Gasteiger partial charge in [-0.05, 0) is 44.0 Å². The number of hydrogen-bond acceptors (Lipinski definition) is 2. The van der Waals surface area contributed by atoms with Crippen LogP contribution >= 0.6 is 11.6 Å². The summed E-state index contributed by atoms with van der Waals surface area (Å²) in [6.07, 6.45) is -0.0961. The molecule has 1 aromatic carbocycles. The summed E-state index contributed by atoms with van der Waals surface area (Å²) in [5.41, 5.74) is 2.48. The van der Waals surface area contributed by atoms with Gasteiger partial charge in [0, 0.05) is 10.7 Å². The second-order valence-corrected chi connectivity index (χ2v) is 4.25. The summed E-state index contributed by atoms with van der Waals surface area (Å²) >= 11 is 5.94. The standard InChI is InChI=1S/C12H14ClNO2/c1-7-5-11(8(2)4-10(7)13)14-12(16)6-9(3)15/h4-5H,6H2,1-3H3,(H,14,16). The second kappa shape index (κ2) is 5.12. The third-order valence-electron chi connectivity index (χ3n) is 2.19. The van der Waals surface area contributed by atoms with Crippen molar-refractivity contribution in [1.29, 1.82) is 0 Å². The number of aryl methyl sites for hydroxylation is 2. The highest BCUT2D eigenvalue weighted by atomic mass is 35.5. The van der Waals surface area contributed by atoms with Gasteiger partial charge in [0.25, 0.3) is 0 Å². The Morgan fingerprint density at radius 2 is 1.88 bits per heavy atom. The first-order valence-electron chi connectivity index (χ1n) is 4.96. The van der Waals surface area contributed by atoms with Gasteiger partial charge in [-0.25, -0.2) is 0 Å². The van der Waals surface area contributed by atoms with Crippen LogP contribution in [0.1, 0.15) is 24.5 Å². The molecule has 16 heavy (non-hydrogen) atoms. The molecular formula is C12H14ClNO2. The summed E-state index contributed by atoms with van der Waals surface area (Å²) in [6, 6.07) is 3.59. The average Bonchev–Trinajstić information content (AvgIpc) is 2.12. The highest BCUT2D eigenvalue weighted by Crippen LogP contribution is 2.24. The fourth-order valence-corrected chi connectivity index (χ4v) is 1.55. The van der Waals surface area contributed by atoms with E-state index in [4.69, 9.17) is 11.6 Å². The number of ketones is 1. The van der Waals surface area contributed by atoms with Crippen molar-refractivity contribution in [2.24, 2.45) is 0 Å². The van der Waals surface area contributed by atoms with Crippen molar-refractivity contribution in [2.75, 3.05) is 5.32 Å². The van der Waals surface area contributed by atoms with Crippen molar-refractivity contribution < 1.29 is 9.59 Å². The Kier molecular flexibility index (Phi) is 4.07. The number of amides is 1. The molecular weight excluding hydrogens is 226 g/mol. The van der Waals surface area contributed by atoms with Gasteiger partial charge in [0.1, 0.15) is 5.78 Å². The normalized spacial score (nSPS) is 10.0. The van der Waals surface area contributed by atoms with Crippen LogP contribution in [-0.2, 0) is 9.59 Å². The van der Waals surface area contributed by atoms with Crippen LogP contribution in [0.4, 0.5) is 5.69 Å². The molecule has 3 nitrogen and oxygen atoms in total. The average molecular weight is 240 g/mol. The molecule has 1 rings (SSSR count). The lowest BCUT2D eigenvalue weighted by atomic mass is 10.1. The smallest absolute Gasteiger partial charge is 0.231 e. The van der Waals surface area contributed by atoms with Crippen LogP contribution in [0.15, 0.2) is 12.1 Å². The van der Waals surface area contributed by atoms with Crippen molar-refractivity contribution in [3.05, 3.63) is 28.3 Å². The van der Waals surface area contributed by atoms with E-state index in [1.54, 1.807) is 12.1 Å². The van der Waals surface area contributed by atoms with E-state index >= 15 is 0 Å². The summed E-state index contributed by atoms with van der Waals surface area (Å²) in [7, 11) is 0. The number of anilines is 1. The molecule has 1 aromatic rings. The van der Waals surface area contributed by atoms with E-state index in [0.717, 1.165) is 11.1 Å². The first-order valence-corrected chi connectivity index (χ1v) is 5.34. The first-order chi connectivity index (χ1) is 7.40. The van der Waals surface area contributed by atoms with Crippen LogP contribution in [0.25, 0.3) is 0 Å². The lowest BCUT2D eigenvalue weighted by Crippen LogP contribution is -2.15. The lowest BCUT2D eigenvalue weighted by Gasteiger charge is -2.09. The van der Waals surface area contributed by atoms with Gasteiger partial charge in [0.2, 0.25) is 5.91 Å². The molecule has 0 aromatic heterocycles. The number of carbonyl (C=O) groups excluding carboxylic acids is 2. The molecule has 0 saturated heterocycles. The second-order valence-electron chi connectivity index (χ2n) is 3.84. The molecule has 4 heteroatoms. The molecule has 0 heterocycles. The van der Waals surface area contributed by atoms with E-state index in [1.165, 1.54) is 6.92 Å². The molecule has 0 spiro atoms. The van der Waals surface area contributed by atoms with Crippen LogP contribution in [0, 0.1) is 13.8 Å². The monoisotopic (exact) mass is 239 g/mol. The number of rotatable bonds is 3. The highest BCUT2D eigenvalue weighted by Gasteiger charge is 2.08. The third-order valence-corrected chi connectivity index (χ3v) is 2.60. The number of carbonyl (C=O) groups is 2. The number of Topliss-reactive ketones (excluding diaryl/α,β-unsaturated/α-hetero) is 1. The minimum absolute atomic E-state index is 0.0961. The summed E-state index contributed by atoms with van der Waals surface area (Å²) in [6.45, 7) is 5.11. The zero-order valence-corrected chi connectivity index (χ0v) is 10.3. The molecule has 1 N–H and O–H groups in total. The molecule has 86 valence electrons. The van der Waals surface area contributed by atoms with Crippen molar-refractivity contribution in [3.8, 4) is 0 Å².